The Hall–Kier alpha value is -1.25. The summed E-state index contributed by atoms with van der Waals surface area (Å²) in [6.45, 7) is 0.349. The predicted molar refractivity (Wildman–Crippen MR) is 74.1 cm³/mol. The van der Waals surface area contributed by atoms with Crippen LogP contribution in [-0.4, -0.2) is 24.7 Å². The molecule has 1 aromatic rings. The van der Waals surface area contributed by atoms with Crippen molar-refractivity contribution in [1.82, 2.24) is 0 Å². The van der Waals surface area contributed by atoms with E-state index in [1.54, 1.807) is 13.2 Å². The van der Waals surface area contributed by atoms with E-state index in [0.717, 1.165) is 11.3 Å². The van der Waals surface area contributed by atoms with E-state index in [9.17, 15) is 4.79 Å². The van der Waals surface area contributed by atoms with E-state index in [-0.39, 0.29) is 0 Å². The summed E-state index contributed by atoms with van der Waals surface area (Å²) in [5.74, 6) is 3.90. The van der Waals surface area contributed by atoms with Gasteiger partial charge in [0.05, 0.1) is 13.7 Å². The molecule has 0 amide bonds. The number of aliphatic imine (C=N–C) groups is 1. The first-order chi connectivity index (χ1) is 8.85. The highest BCUT2D eigenvalue weighted by atomic mass is 32.2. The minimum atomic E-state index is 0.349. The lowest BCUT2D eigenvalue weighted by molar-refractivity contribution is 0.409. The Balaban J connectivity index is 2.23. The maximum Gasteiger partial charge on any atom is 0.235 e. The predicted octanol–water partition coefficient (Wildman–Crippen LogP) is 3.14. The molecule has 1 heterocycles. The van der Waals surface area contributed by atoms with Gasteiger partial charge in [-0.2, -0.15) is 11.8 Å². The van der Waals surface area contributed by atoms with Gasteiger partial charge in [-0.25, -0.2) is 9.79 Å². The molecule has 1 aromatic carbocycles. The van der Waals surface area contributed by atoms with Gasteiger partial charge >= 0.3 is 0 Å². The van der Waals surface area contributed by atoms with Gasteiger partial charge in [0.15, 0.2) is 0 Å². The van der Waals surface area contributed by atoms with Gasteiger partial charge in [-0.3, -0.25) is 0 Å². The van der Waals surface area contributed by atoms with Crippen molar-refractivity contribution >= 4 is 17.8 Å². The molecule has 0 saturated carbocycles. The zero-order chi connectivity index (χ0) is 12.8. The van der Waals surface area contributed by atoms with E-state index in [1.165, 1.54) is 29.9 Å². The third-order valence-electron chi connectivity index (χ3n) is 3.31. The van der Waals surface area contributed by atoms with Crippen LogP contribution >= 0.6 is 11.8 Å². The van der Waals surface area contributed by atoms with Crippen molar-refractivity contribution in [1.29, 1.82) is 0 Å². The van der Waals surface area contributed by atoms with Crippen molar-refractivity contribution in [2.45, 2.75) is 25.3 Å². The van der Waals surface area contributed by atoms with Crippen molar-refractivity contribution in [3.05, 3.63) is 29.3 Å². The fraction of sp³-hybridized carbons (Fsp3) is 0.500. The fourth-order valence-electron chi connectivity index (χ4n) is 2.32. The maximum atomic E-state index is 10.2. The highest BCUT2D eigenvalue weighted by Gasteiger charge is 2.17. The molecule has 1 saturated heterocycles. The van der Waals surface area contributed by atoms with Crippen LogP contribution in [0.15, 0.2) is 23.2 Å². The molecule has 0 radical (unpaired) electrons. The summed E-state index contributed by atoms with van der Waals surface area (Å²) < 4.78 is 5.29. The van der Waals surface area contributed by atoms with Crippen LogP contribution in [0.25, 0.3) is 0 Å². The van der Waals surface area contributed by atoms with Gasteiger partial charge in [-0.05, 0) is 48.0 Å². The maximum absolute atomic E-state index is 10.2. The molecule has 2 rings (SSSR count). The van der Waals surface area contributed by atoms with E-state index < -0.39 is 0 Å². The Labute approximate surface area is 112 Å². The van der Waals surface area contributed by atoms with Gasteiger partial charge in [-0.15, -0.1) is 0 Å². The first-order valence-electron chi connectivity index (χ1n) is 6.13. The number of methoxy groups -OCH3 is 1. The molecule has 1 aliphatic rings. The second-order valence-corrected chi connectivity index (χ2v) is 5.59. The number of hydrogen-bond donors (Lipinski definition) is 0. The minimum Gasteiger partial charge on any atom is -0.496 e. The van der Waals surface area contributed by atoms with Crippen molar-refractivity contribution in [3.63, 3.8) is 0 Å². The molecule has 3 nitrogen and oxygen atoms in total. The zero-order valence-corrected chi connectivity index (χ0v) is 11.3. The third kappa shape index (κ3) is 3.15. The number of rotatable bonds is 4. The van der Waals surface area contributed by atoms with Gasteiger partial charge in [0, 0.05) is 5.56 Å². The smallest absolute Gasteiger partial charge is 0.235 e. The molecule has 1 fully saturated rings. The van der Waals surface area contributed by atoms with Crippen LogP contribution in [0.2, 0.25) is 0 Å². The highest BCUT2D eigenvalue weighted by molar-refractivity contribution is 7.99. The average Bonchev–Trinajstić information content (AvgIpc) is 2.45. The standard InChI is InChI=1S/C14H17NO2S/c1-17-14-3-2-12(8-13(14)9-15-10-16)11-4-6-18-7-5-11/h2-3,8,11H,4-7,9H2,1H3. The topological polar surface area (TPSA) is 38.7 Å². The zero-order valence-electron chi connectivity index (χ0n) is 10.5. The van der Waals surface area contributed by atoms with Crippen LogP contribution in [0.1, 0.15) is 29.9 Å². The van der Waals surface area contributed by atoms with Gasteiger partial charge in [0.1, 0.15) is 5.75 Å². The van der Waals surface area contributed by atoms with E-state index in [0.29, 0.717) is 12.5 Å². The molecule has 18 heavy (non-hydrogen) atoms. The van der Waals surface area contributed by atoms with Gasteiger partial charge < -0.3 is 4.74 Å². The monoisotopic (exact) mass is 263 g/mol. The second-order valence-electron chi connectivity index (χ2n) is 4.37. The first-order valence-corrected chi connectivity index (χ1v) is 7.29. The molecule has 1 aliphatic heterocycles. The minimum absolute atomic E-state index is 0.349. The largest absolute Gasteiger partial charge is 0.496 e. The van der Waals surface area contributed by atoms with Crippen LogP contribution in [0.5, 0.6) is 5.75 Å². The van der Waals surface area contributed by atoms with Crippen molar-refractivity contribution in [2.75, 3.05) is 18.6 Å². The first kappa shape index (κ1) is 13.2. The van der Waals surface area contributed by atoms with Crippen LogP contribution in [0, 0.1) is 0 Å². The van der Waals surface area contributed by atoms with Gasteiger partial charge in [0.2, 0.25) is 6.08 Å². The van der Waals surface area contributed by atoms with Crippen molar-refractivity contribution in [2.24, 2.45) is 4.99 Å². The van der Waals surface area contributed by atoms with Gasteiger partial charge in [0.25, 0.3) is 0 Å². The summed E-state index contributed by atoms with van der Waals surface area (Å²) in [6.07, 6.45) is 4.04. The molecule has 0 spiro atoms. The molecule has 0 unspecified atom stereocenters. The lowest BCUT2D eigenvalue weighted by Crippen LogP contribution is -2.08. The summed E-state index contributed by atoms with van der Waals surface area (Å²) >= 11 is 2.02. The summed E-state index contributed by atoms with van der Waals surface area (Å²) in [4.78, 5) is 13.9. The highest BCUT2D eigenvalue weighted by Crippen LogP contribution is 2.33. The lowest BCUT2D eigenvalue weighted by atomic mass is 9.92. The molecule has 4 heteroatoms. The number of thioether (sulfide) groups is 1. The summed E-state index contributed by atoms with van der Waals surface area (Å²) in [5.41, 5.74) is 2.31. The Morgan fingerprint density at radius 1 is 1.44 bits per heavy atom. The van der Waals surface area contributed by atoms with Crippen LogP contribution in [0.4, 0.5) is 0 Å². The number of carbonyl (C=O) groups excluding carboxylic acids is 1. The SMILES string of the molecule is COc1ccc(C2CCSCC2)cc1CN=C=O. The molecule has 0 bridgehead atoms. The van der Waals surface area contributed by atoms with Gasteiger partial charge in [-0.1, -0.05) is 6.07 Å². The molecule has 0 aromatic heterocycles. The number of benzene rings is 1. The normalized spacial score (nSPS) is 16.1. The number of ether oxygens (including phenoxy) is 1. The fourth-order valence-corrected chi connectivity index (χ4v) is 3.43. The number of hydrogen-bond acceptors (Lipinski definition) is 4. The van der Waals surface area contributed by atoms with E-state index in [4.69, 9.17) is 4.74 Å². The quantitative estimate of drug-likeness (QED) is 0.619. The van der Waals surface area contributed by atoms with Crippen LogP contribution in [-0.2, 0) is 11.3 Å². The Bertz CT molecular complexity index is 449. The van der Waals surface area contributed by atoms with E-state index in [1.807, 2.05) is 17.8 Å². The Morgan fingerprint density at radius 2 is 2.22 bits per heavy atom. The summed E-state index contributed by atoms with van der Waals surface area (Å²) in [6, 6.07) is 6.24. The molecular weight excluding hydrogens is 246 g/mol. The van der Waals surface area contributed by atoms with Crippen molar-refractivity contribution in [3.8, 4) is 5.75 Å². The average molecular weight is 263 g/mol. The van der Waals surface area contributed by atoms with Crippen LogP contribution in [0.3, 0.4) is 0 Å². The number of nitrogens with zero attached hydrogens (tertiary/aromatic N) is 1. The van der Waals surface area contributed by atoms with Crippen LogP contribution < -0.4 is 4.74 Å². The summed E-state index contributed by atoms with van der Waals surface area (Å²) in [5, 5.41) is 0. The van der Waals surface area contributed by atoms with E-state index >= 15 is 0 Å². The lowest BCUT2D eigenvalue weighted by Gasteiger charge is -2.22. The molecule has 0 atom stereocenters. The molecule has 96 valence electrons. The number of isocyanates is 1. The Morgan fingerprint density at radius 3 is 2.89 bits per heavy atom. The molecule has 0 N–H and O–H groups in total. The second kappa shape index (κ2) is 6.62. The summed E-state index contributed by atoms with van der Waals surface area (Å²) in [7, 11) is 1.64. The van der Waals surface area contributed by atoms with E-state index in [2.05, 4.69) is 17.1 Å². The van der Waals surface area contributed by atoms with Crippen molar-refractivity contribution < 1.29 is 9.53 Å². The Kier molecular flexibility index (Phi) is 4.85. The molecular formula is C14H17NO2S. The molecule has 0 aliphatic carbocycles. The third-order valence-corrected chi connectivity index (χ3v) is 4.36.